The zero-order valence-corrected chi connectivity index (χ0v) is 36.3. The summed E-state index contributed by atoms with van der Waals surface area (Å²) in [6.07, 6.45) is 7.47. The van der Waals surface area contributed by atoms with E-state index in [1.807, 2.05) is 54.6 Å². The number of benzene rings is 2. The molecule has 0 radical (unpaired) electrons. The molecule has 1 saturated carbocycles. The molecule has 63 heavy (non-hydrogen) atoms. The molecule has 0 bridgehead atoms. The Morgan fingerprint density at radius 2 is 1.49 bits per heavy atom. The quantitative estimate of drug-likeness (QED) is 0.0920. The van der Waals surface area contributed by atoms with E-state index in [0.717, 1.165) is 48.8 Å². The highest BCUT2D eigenvalue weighted by Crippen LogP contribution is 2.31. The number of carbonyl (C=O) groups is 7. The molecule has 2 aromatic rings. The molecule has 340 valence electrons. The molecule has 6 rings (SSSR count). The van der Waals surface area contributed by atoms with Crippen molar-refractivity contribution >= 4 is 47.3 Å². The first-order valence-corrected chi connectivity index (χ1v) is 22.6. The van der Waals surface area contributed by atoms with Crippen molar-refractivity contribution < 1.29 is 33.6 Å². The molecular formula is C46H64N10O7. The first-order chi connectivity index (χ1) is 30.4. The summed E-state index contributed by atoms with van der Waals surface area (Å²) < 4.78 is 0. The maximum absolute atomic E-state index is 15.0. The van der Waals surface area contributed by atoms with Gasteiger partial charge in [-0.05, 0) is 67.6 Å². The van der Waals surface area contributed by atoms with Crippen molar-refractivity contribution in [3.05, 3.63) is 71.3 Å². The number of fused-ring (bicyclic) bond motifs is 3. The van der Waals surface area contributed by atoms with Crippen LogP contribution in [-0.4, -0.2) is 113 Å². The van der Waals surface area contributed by atoms with Crippen molar-refractivity contribution in [2.75, 3.05) is 19.6 Å². The fraction of sp³-hybridized carbons (Fsp3) is 0.565. The molecule has 0 aromatic heterocycles. The molecule has 9 N–H and O–H groups in total. The summed E-state index contributed by atoms with van der Waals surface area (Å²) in [5.41, 5.74) is 8.09. The van der Waals surface area contributed by atoms with Crippen LogP contribution in [0.5, 0.6) is 0 Å². The Bertz CT molecular complexity index is 1970. The van der Waals surface area contributed by atoms with Crippen LogP contribution in [0.15, 0.2) is 54.6 Å². The highest BCUT2D eigenvalue weighted by molar-refractivity contribution is 5.97. The Morgan fingerprint density at radius 3 is 2.22 bits per heavy atom. The van der Waals surface area contributed by atoms with E-state index in [9.17, 15) is 28.8 Å². The van der Waals surface area contributed by atoms with E-state index in [4.69, 9.17) is 11.1 Å². The monoisotopic (exact) mass is 868 g/mol. The molecule has 2 saturated heterocycles. The molecule has 2 aromatic carbocycles. The van der Waals surface area contributed by atoms with E-state index >= 15 is 4.79 Å². The van der Waals surface area contributed by atoms with Crippen molar-refractivity contribution in [2.24, 2.45) is 11.7 Å². The smallest absolute Gasteiger partial charge is 0.246 e. The van der Waals surface area contributed by atoms with Crippen molar-refractivity contribution in [3.8, 4) is 0 Å². The first-order valence-electron chi connectivity index (χ1n) is 22.6. The minimum absolute atomic E-state index is 0.0872. The summed E-state index contributed by atoms with van der Waals surface area (Å²) in [7, 11) is 0. The van der Waals surface area contributed by atoms with Gasteiger partial charge in [-0.25, -0.2) is 0 Å². The van der Waals surface area contributed by atoms with Gasteiger partial charge in [0.15, 0.2) is 5.96 Å². The van der Waals surface area contributed by atoms with Gasteiger partial charge < -0.3 is 47.4 Å². The topological polar surface area (TPSA) is 248 Å². The molecule has 17 heteroatoms. The number of guanidine groups is 1. The number of carbonyl (C=O) groups excluding carboxylic acids is 7. The van der Waals surface area contributed by atoms with E-state index in [2.05, 4.69) is 31.9 Å². The number of nitrogens with one attached hydrogen (secondary N) is 7. The number of nitrogens with two attached hydrogens (primary N) is 1. The molecule has 3 heterocycles. The molecule has 17 nitrogen and oxygen atoms in total. The molecule has 2 unspecified atom stereocenters. The maximum atomic E-state index is 15.0. The van der Waals surface area contributed by atoms with Gasteiger partial charge in [-0.1, -0.05) is 86.7 Å². The van der Waals surface area contributed by atoms with Crippen LogP contribution in [-0.2, 0) is 52.9 Å². The lowest BCUT2D eigenvalue weighted by atomic mass is 9.84. The Morgan fingerprint density at radius 1 is 0.794 bits per heavy atom. The summed E-state index contributed by atoms with van der Waals surface area (Å²) in [5.74, 6) is -3.36. The number of hydrogen-bond donors (Lipinski definition) is 8. The fourth-order valence-corrected chi connectivity index (χ4v) is 9.48. The van der Waals surface area contributed by atoms with E-state index in [1.54, 1.807) is 0 Å². The molecular weight excluding hydrogens is 805 g/mol. The molecule has 3 fully saturated rings. The average molecular weight is 869 g/mol. The van der Waals surface area contributed by atoms with E-state index in [0.29, 0.717) is 25.7 Å². The summed E-state index contributed by atoms with van der Waals surface area (Å²) in [4.78, 5) is 102. The third-order valence-corrected chi connectivity index (χ3v) is 12.8. The lowest BCUT2D eigenvalue weighted by Crippen LogP contribution is -2.61. The Labute approximate surface area is 369 Å². The van der Waals surface area contributed by atoms with Gasteiger partial charge in [-0.15, -0.1) is 0 Å². The fourth-order valence-electron chi connectivity index (χ4n) is 9.48. The zero-order valence-electron chi connectivity index (χ0n) is 36.3. The zero-order chi connectivity index (χ0) is 44.9. The number of hydrogen-bond acceptors (Lipinski definition) is 8. The third kappa shape index (κ3) is 12.8. The average Bonchev–Trinajstić information content (AvgIpc) is 3.77. The highest BCUT2D eigenvalue weighted by Gasteiger charge is 2.43. The van der Waals surface area contributed by atoms with Crippen LogP contribution in [0, 0.1) is 11.3 Å². The SMILES string of the molecule is CC(=O)N[C@@H](Cc1ccccc1)C(=O)N[C@H]1CCCNC(=O)C(CCCNC(=N)N)NC(=O)[C@@H]2Cc3ccccc3CN2C(=O)[C@@H](CC2CCCCC2)NC(=O)C2CCCN2C1=O. The van der Waals surface area contributed by atoms with Crippen LogP contribution < -0.4 is 37.6 Å². The highest BCUT2D eigenvalue weighted by atomic mass is 16.2. The first kappa shape index (κ1) is 46.5. The molecule has 4 aliphatic rings. The van der Waals surface area contributed by atoms with Crippen LogP contribution >= 0.6 is 0 Å². The van der Waals surface area contributed by atoms with Crippen molar-refractivity contribution in [1.82, 2.24) is 41.7 Å². The molecule has 6 atom stereocenters. The third-order valence-electron chi connectivity index (χ3n) is 12.8. The predicted octanol–water partition coefficient (Wildman–Crippen LogP) is 1.28. The van der Waals surface area contributed by atoms with E-state index in [-0.39, 0.29) is 70.2 Å². The minimum Gasteiger partial charge on any atom is -0.370 e. The van der Waals surface area contributed by atoms with Crippen molar-refractivity contribution in [2.45, 2.75) is 140 Å². The minimum atomic E-state index is -1.12. The van der Waals surface area contributed by atoms with Gasteiger partial charge in [0.05, 0.1) is 0 Å². The molecule has 0 spiro atoms. The van der Waals surface area contributed by atoms with Gasteiger partial charge in [-0.2, -0.15) is 0 Å². The van der Waals surface area contributed by atoms with Crippen LogP contribution in [0.1, 0.15) is 101 Å². The van der Waals surface area contributed by atoms with Crippen LogP contribution in [0.4, 0.5) is 0 Å². The second-order valence-electron chi connectivity index (χ2n) is 17.4. The molecule has 3 aliphatic heterocycles. The van der Waals surface area contributed by atoms with Crippen LogP contribution in [0.25, 0.3) is 0 Å². The lowest BCUT2D eigenvalue weighted by Gasteiger charge is -2.39. The summed E-state index contributed by atoms with van der Waals surface area (Å²) in [6, 6.07) is 10.8. The lowest BCUT2D eigenvalue weighted by molar-refractivity contribution is -0.147. The second kappa shape index (κ2) is 22.4. The predicted molar refractivity (Wildman–Crippen MR) is 235 cm³/mol. The second-order valence-corrected chi connectivity index (χ2v) is 17.4. The van der Waals surface area contributed by atoms with Gasteiger partial charge in [0.1, 0.15) is 36.3 Å². The summed E-state index contributed by atoms with van der Waals surface area (Å²) >= 11 is 0. The van der Waals surface area contributed by atoms with Gasteiger partial charge in [0, 0.05) is 45.9 Å². The molecule has 1 aliphatic carbocycles. The summed E-state index contributed by atoms with van der Waals surface area (Å²) in [6.45, 7) is 2.07. The largest absolute Gasteiger partial charge is 0.370 e. The van der Waals surface area contributed by atoms with Gasteiger partial charge in [-0.3, -0.25) is 39.0 Å². The normalized spacial score (nSPS) is 24.5. The Hall–Kier alpha value is -6.00. The number of nitrogens with zero attached hydrogens (tertiary/aromatic N) is 2. The number of amides is 7. The Balaban J connectivity index is 1.32. The summed E-state index contributed by atoms with van der Waals surface area (Å²) in [5, 5.41) is 24.8. The maximum Gasteiger partial charge on any atom is 0.246 e. The van der Waals surface area contributed by atoms with Gasteiger partial charge in [0.25, 0.3) is 0 Å². The Kier molecular flexibility index (Phi) is 16.5. The van der Waals surface area contributed by atoms with Crippen molar-refractivity contribution in [3.63, 3.8) is 0 Å². The van der Waals surface area contributed by atoms with Gasteiger partial charge in [0.2, 0.25) is 41.4 Å². The van der Waals surface area contributed by atoms with Gasteiger partial charge >= 0.3 is 0 Å². The molecule has 7 amide bonds. The number of rotatable bonds is 11. The van der Waals surface area contributed by atoms with E-state index < -0.39 is 77.6 Å². The van der Waals surface area contributed by atoms with Crippen LogP contribution in [0.2, 0.25) is 0 Å². The van der Waals surface area contributed by atoms with Crippen LogP contribution in [0.3, 0.4) is 0 Å². The standard InChI is InChI=1S/C46H64N10O7/c1-29(57)51-36(25-30-13-4-2-5-14-30)41(59)53-35-20-11-22-49-40(58)34(19-10-23-50-46(47)48)52-43(61)39-27-32-17-8-9-18-33(32)28-56(39)45(63)37(26-31-15-6-3-7-16-31)54-42(60)38-21-12-24-55(38)44(35)62/h2,4-5,8-9,13-14,17-18,31,34-39H,3,6-7,10-12,15-16,19-28H2,1H3,(H,49,58)(H,51,57)(H,52,61)(H,53,59)(H,54,60)(H4,47,48,50)/t34?,35-,36-,37+,38?,39-/m0/s1. The van der Waals surface area contributed by atoms with Crippen molar-refractivity contribution in [1.29, 1.82) is 5.41 Å². The van der Waals surface area contributed by atoms with E-state index in [1.165, 1.54) is 16.7 Å².